The van der Waals surface area contributed by atoms with Crippen LogP contribution in [0.1, 0.15) is 39.0 Å². The lowest BCUT2D eigenvalue weighted by atomic mass is 10.1. The van der Waals surface area contributed by atoms with E-state index in [2.05, 4.69) is 33.1 Å². The molecule has 2 aromatic heterocycles. The Bertz CT molecular complexity index is 672. The fraction of sp³-hybridized carbons (Fsp3) is 0.500. The SMILES string of the molecule is CC[C@@H]1C=Nc2cnc(-n3cccn3)nc2N1C1CCCC1. The van der Waals surface area contributed by atoms with Gasteiger partial charge in [0.15, 0.2) is 5.82 Å². The standard InChI is InChI=1S/C16H20N6/c1-2-12-10-17-14-11-18-16(21-9-5-8-19-21)20-15(14)22(12)13-6-3-4-7-13/h5,8-13H,2-4,6-7H2,1H3/t12-/m1/s1. The Morgan fingerprint density at radius 3 is 2.86 bits per heavy atom. The van der Waals surface area contributed by atoms with Gasteiger partial charge >= 0.3 is 0 Å². The van der Waals surface area contributed by atoms with E-state index in [1.165, 1.54) is 25.7 Å². The second-order valence-electron chi connectivity index (χ2n) is 5.93. The van der Waals surface area contributed by atoms with E-state index in [-0.39, 0.29) is 0 Å². The molecule has 6 heteroatoms. The summed E-state index contributed by atoms with van der Waals surface area (Å²) in [4.78, 5) is 16.2. The summed E-state index contributed by atoms with van der Waals surface area (Å²) < 4.78 is 1.70. The van der Waals surface area contributed by atoms with Crippen LogP contribution in [0.25, 0.3) is 5.95 Å². The Morgan fingerprint density at radius 1 is 1.27 bits per heavy atom. The third-order valence-electron chi connectivity index (χ3n) is 4.57. The smallest absolute Gasteiger partial charge is 0.252 e. The molecule has 0 radical (unpaired) electrons. The van der Waals surface area contributed by atoms with Crippen molar-refractivity contribution in [3.05, 3.63) is 24.7 Å². The van der Waals surface area contributed by atoms with Crippen LogP contribution in [0, 0.1) is 0 Å². The van der Waals surface area contributed by atoms with E-state index in [1.54, 1.807) is 10.9 Å². The van der Waals surface area contributed by atoms with Crippen molar-refractivity contribution in [3.8, 4) is 5.95 Å². The van der Waals surface area contributed by atoms with Crippen LogP contribution in [0.2, 0.25) is 0 Å². The number of nitrogens with zero attached hydrogens (tertiary/aromatic N) is 6. The maximum atomic E-state index is 4.78. The monoisotopic (exact) mass is 296 g/mol. The molecule has 22 heavy (non-hydrogen) atoms. The van der Waals surface area contributed by atoms with Gasteiger partial charge in [-0.2, -0.15) is 10.1 Å². The average molecular weight is 296 g/mol. The molecule has 0 N–H and O–H groups in total. The maximum Gasteiger partial charge on any atom is 0.252 e. The Kier molecular flexibility index (Phi) is 3.36. The molecule has 2 aliphatic rings. The molecule has 1 aliphatic carbocycles. The Labute approximate surface area is 129 Å². The summed E-state index contributed by atoms with van der Waals surface area (Å²) in [6, 6.07) is 2.77. The summed E-state index contributed by atoms with van der Waals surface area (Å²) >= 11 is 0. The zero-order valence-corrected chi connectivity index (χ0v) is 12.8. The zero-order chi connectivity index (χ0) is 14.9. The highest BCUT2D eigenvalue weighted by Crippen LogP contribution is 2.37. The Balaban J connectivity index is 1.78. The van der Waals surface area contributed by atoms with Gasteiger partial charge in [-0.05, 0) is 25.3 Å². The van der Waals surface area contributed by atoms with Crippen molar-refractivity contribution in [2.24, 2.45) is 4.99 Å². The zero-order valence-electron chi connectivity index (χ0n) is 12.8. The predicted octanol–water partition coefficient (Wildman–Crippen LogP) is 2.91. The fourth-order valence-corrected chi connectivity index (χ4v) is 3.46. The molecular formula is C16H20N6. The van der Waals surface area contributed by atoms with Crippen LogP contribution in [0.15, 0.2) is 29.6 Å². The first-order chi connectivity index (χ1) is 10.9. The number of anilines is 1. The molecule has 0 unspecified atom stereocenters. The minimum absolute atomic E-state index is 0.330. The minimum atomic E-state index is 0.330. The van der Waals surface area contributed by atoms with E-state index < -0.39 is 0 Å². The number of aromatic nitrogens is 4. The summed E-state index contributed by atoms with van der Waals surface area (Å²) in [6.45, 7) is 2.21. The van der Waals surface area contributed by atoms with Gasteiger partial charge in [0.1, 0.15) is 5.69 Å². The van der Waals surface area contributed by atoms with Crippen molar-refractivity contribution >= 4 is 17.7 Å². The summed E-state index contributed by atoms with van der Waals surface area (Å²) in [5.41, 5.74) is 0.868. The van der Waals surface area contributed by atoms with Crippen LogP contribution in [0.3, 0.4) is 0 Å². The Hall–Kier alpha value is -2.24. The van der Waals surface area contributed by atoms with Gasteiger partial charge in [-0.15, -0.1) is 0 Å². The molecule has 3 heterocycles. The summed E-state index contributed by atoms with van der Waals surface area (Å²) in [7, 11) is 0. The van der Waals surface area contributed by atoms with E-state index in [0.29, 0.717) is 18.0 Å². The average Bonchev–Trinajstić information content (AvgIpc) is 3.26. The lowest BCUT2D eigenvalue weighted by molar-refractivity contribution is 0.556. The van der Waals surface area contributed by atoms with Crippen LogP contribution in [-0.2, 0) is 0 Å². The maximum absolute atomic E-state index is 4.78. The Morgan fingerprint density at radius 2 is 2.14 bits per heavy atom. The number of hydrogen-bond acceptors (Lipinski definition) is 5. The molecule has 2 aromatic rings. The number of aliphatic imine (C=N–C) groups is 1. The molecule has 4 rings (SSSR count). The lowest BCUT2D eigenvalue weighted by Crippen LogP contribution is -2.45. The van der Waals surface area contributed by atoms with Gasteiger partial charge in [-0.25, -0.2) is 9.67 Å². The summed E-state index contributed by atoms with van der Waals surface area (Å²) in [5.74, 6) is 1.57. The van der Waals surface area contributed by atoms with Gasteiger partial charge < -0.3 is 4.90 Å². The normalized spacial score (nSPS) is 21.3. The van der Waals surface area contributed by atoms with Crippen molar-refractivity contribution in [3.63, 3.8) is 0 Å². The van der Waals surface area contributed by atoms with E-state index in [4.69, 9.17) is 4.98 Å². The van der Waals surface area contributed by atoms with E-state index >= 15 is 0 Å². The molecule has 0 saturated heterocycles. The molecule has 1 saturated carbocycles. The van der Waals surface area contributed by atoms with Gasteiger partial charge in [0.05, 0.1) is 12.2 Å². The highest BCUT2D eigenvalue weighted by atomic mass is 15.4. The van der Waals surface area contributed by atoms with E-state index in [9.17, 15) is 0 Å². The van der Waals surface area contributed by atoms with Crippen molar-refractivity contribution in [1.29, 1.82) is 0 Å². The van der Waals surface area contributed by atoms with Gasteiger partial charge in [-0.3, -0.25) is 4.99 Å². The van der Waals surface area contributed by atoms with Gasteiger partial charge in [0.25, 0.3) is 5.95 Å². The molecule has 1 atom stereocenters. The minimum Gasteiger partial charge on any atom is -0.344 e. The van der Waals surface area contributed by atoms with E-state index in [0.717, 1.165) is 17.9 Å². The molecule has 114 valence electrons. The van der Waals surface area contributed by atoms with Crippen molar-refractivity contribution in [2.75, 3.05) is 4.90 Å². The van der Waals surface area contributed by atoms with Gasteiger partial charge in [0, 0.05) is 24.7 Å². The van der Waals surface area contributed by atoms with Crippen LogP contribution in [0.4, 0.5) is 11.5 Å². The molecule has 0 aromatic carbocycles. The van der Waals surface area contributed by atoms with Crippen LogP contribution < -0.4 is 4.90 Å². The van der Waals surface area contributed by atoms with E-state index in [1.807, 2.05) is 18.5 Å². The quantitative estimate of drug-likeness (QED) is 0.874. The third kappa shape index (κ3) is 2.19. The first-order valence-corrected chi connectivity index (χ1v) is 8.06. The van der Waals surface area contributed by atoms with Crippen molar-refractivity contribution < 1.29 is 0 Å². The number of rotatable bonds is 3. The topological polar surface area (TPSA) is 59.2 Å². The number of fused-ring (bicyclic) bond motifs is 1. The molecule has 0 bridgehead atoms. The molecule has 1 fully saturated rings. The molecule has 1 aliphatic heterocycles. The molecule has 0 spiro atoms. The number of hydrogen-bond donors (Lipinski definition) is 0. The largest absolute Gasteiger partial charge is 0.344 e. The summed E-state index contributed by atoms with van der Waals surface area (Å²) in [5, 5.41) is 4.23. The molecular weight excluding hydrogens is 276 g/mol. The summed E-state index contributed by atoms with van der Waals surface area (Å²) in [6.07, 6.45) is 13.6. The van der Waals surface area contributed by atoms with Gasteiger partial charge in [-0.1, -0.05) is 19.8 Å². The molecule has 6 nitrogen and oxygen atoms in total. The first-order valence-electron chi connectivity index (χ1n) is 8.06. The van der Waals surface area contributed by atoms with Crippen LogP contribution >= 0.6 is 0 Å². The fourth-order valence-electron chi connectivity index (χ4n) is 3.46. The van der Waals surface area contributed by atoms with Crippen molar-refractivity contribution in [2.45, 2.75) is 51.1 Å². The predicted molar refractivity (Wildman–Crippen MR) is 86.1 cm³/mol. The second kappa shape index (κ2) is 5.51. The molecule has 0 amide bonds. The van der Waals surface area contributed by atoms with Crippen LogP contribution in [0.5, 0.6) is 0 Å². The van der Waals surface area contributed by atoms with Crippen LogP contribution in [-0.4, -0.2) is 38.0 Å². The van der Waals surface area contributed by atoms with Gasteiger partial charge in [0.2, 0.25) is 0 Å². The van der Waals surface area contributed by atoms with Crippen molar-refractivity contribution in [1.82, 2.24) is 19.7 Å². The third-order valence-corrected chi connectivity index (χ3v) is 4.57. The highest BCUT2D eigenvalue weighted by molar-refractivity contribution is 5.82. The second-order valence-corrected chi connectivity index (χ2v) is 5.93. The highest BCUT2D eigenvalue weighted by Gasteiger charge is 2.32. The first kappa shape index (κ1) is 13.4. The lowest BCUT2D eigenvalue weighted by Gasteiger charge is -2.38.